The molecule has 0 amide bonds. The lowest BCUT2D eigenvalue weighted by Gasteiger charge is -2.44. The van der Waals surface area contributed by atoms with Gasteiger partial charge in [0.2, 0.25) is 0 Å². The number of rotatable bonds is 3. The van der Waals surface area contributed by atoms with Crippen molar-refractivity contribution in [1.29, 1.82) is 0 Å². The first-order chi connectivity index (χ1) is 12.2. The molecule has 2 saturated heterocycles. The van der Waals surface area contributed by atoms with Crippen LogP contribution in [0.25, 0.3) is 0 Å². The number of hydrogen-bond acceptors (Lipinski definition) is 5. The highest BCUT2D eigenvalue weighted by Crippen LogP contribution is 2.36. The van der Waals surface area contributed by atoms with E-state index in [9.17, 15) is 4.79 Å². The molecule has 2 fully saturated rings. The normalized spacial score (nSPS) is 22.4. The topological polar surface area (TPSA) is 73.0 Å². The second-order valence-electron chi connectivity index (χ2n) is 6.79. The Hall–Kier alpha value is -1.70. The summed E-state index contributed by atoms with van der Waals surface area (Å²) in [5.74, 6) is 0.886. The Morgan fingerprint density at radius 2 is 2.16 bits per heavy atom. The van der Waals surface area contributed by atoms with Gasteiger partial charge < -0.3 is 15.2 Å². The van der Waals surface area contributed by atoms with Gasteiger partial charge in [-0.1, -0.05) is 0 Å². The molecule has 3 N–H and O–H groups in total. The second kappa shape index (κ2) is 6.90. The number of hydrogen-bond donors (Lipinski definition) is 3. The molecular weight excluding hydrogens is 382 g/mol. The molecule has 132 valence electrons. The molecule has 2 aliphatic rings. The number of nitrogens with one attached hydrogen (secondary N) is 3. The van der Waals surface area contributed by atoms with Crippen LogP contribution in [0, 0.1) is 0 Å². The Bertz CT molecular complexity index is 802. The van der Waals surface area contributed by atoms with Gasteiger partial charge in [-0.3, -0.25) is 15.1 Å². The first kappa shape index (κ1) is 16.8. The van der Waals surface area contributed by atoms with Gasteiger partial charge in [0, 0.05) is 42.0 Å². The highest BCUT2D eigenvalue weighted by molar-refractivity contribution is 9.10. The fraction of sp³-hybridized carbons (Fsp3) is 0.444. The fourth-order valence-electron chi connectivity index (χ4n) is 4.04. The van der Waals surface area contributed by atoms with Gasteiger partial charge in [-0.2, -0.15) is 0 Å². The van der Waals surface area contributed by atoms with Gasteiger partial charge in [0.25, 0.3) is 0 Å². The number of piperidine rings is 1. The van der Waals surface area contributed by atoms with Gasteiger partial charge in [-0.05, 0) is 54.0 Å². The third-order valence-corrected chi connectivity index (χ3v) is 5.98. The minimum atomic E-state index is 0.0292. The first-order valence-electron chi connectivity index (χ1n) is 8.70. The Kier molecular flexibility index (Phi) is 4.62. The average Bonchev–Trinajstić information content (AvgIpc) is 2.95. The van der Waals surface area contributed by atoms with E-state index >= 15 is 0 Å². The quantitative estimate of drug-likeness (QED) is 0.726. The van der Waals surface area contributed by atoms with Gasteiger partial charge in [0.1, 0.15) is 5.82 Å². The number of H-pyrrole nitrogens is 1. The minimum Gasteiger partial charge on any atom is -0.348 e. The molecule has 4 heterocycles. The van der Waals surface area contributed by atoms with Crippen LogP contribution in [0.5, 0.6) is 0 Å². The number of aromatic nitrogens is 2. The number of nitrogens with zero attached hydrogens (tertiary/aromatic N) is 2. The summed E-state index contributed by atoms with van der Waals surface area (Å²) in [5, 5.41) is 7.12. The van der Waals surface area contributed by atoms with Gasteiger partial charge in [-0.15, -0.1) is 0 Å². The highest BCUT2D eigenvalue weighted by atomic mass is 79.9. The largest absolute Gasteiger partial charge is 0.348 e. The summed E-state index contributed by atoms with van der Waals surface area (Å²) in [6.45, 7) is 2.91. The third kappa shape index (κ3) is 3.23. The first-order valence-corrected chi connectivity index (χ1v) is 9.49. The summed E-state index contributed by atoms with van der Waals surface area (Å²) in [6, 6.07) is 7.21. The van der Waals surface area contributed by atoms with Crippen molar-refractivity contribution in [3.05, 3.63) is 57.0 Å². The Labute approximate surface area is 155 Å². The van der Waals surface area contributed by atoms with E-state index < -0.39 is 0 Å². The van der Waals surface area contributed by atoms with E-state index in [1.807, 2.05) is 18.3 Å². The zero-order chi connectivity index (χ0) is 17.3. The maximum absolute atomic E-state index is 11.9. The Morgan fingerprint density at radius 3 is 2.92 bits per heavy atom. The van der Waals surface area contributed by atoms with E-state index in [2.05, 4.69) is 41.4 Å². The molecule has 0 aliphatic carbocycles. The van der Waals surface area contributed by atoms with Crippen molar-refractivity contribution in [2.75, 3.05) is 24.5 Å². The summed E-state index contributed by atoms with van der Waals surface area (Å²) >= 11 is 3.60. The number of anilines is 1. The van der Waals surface area contributed by atoms with Gasteiger partial charge in [0.15, 0.2) is 5.43 Å². The number of pyridine rings is 2. The van der Waals surface area contributed by atoms with Gasteiger partial charge >= 0.3 is 0 Å². The smallest absolute Gasteiger partial charge is 0.183 e. The molecule has 1 spiro atoms. The predicted octanol–water partition coefficient (Wildman–Crippen LogP) is 1.63. The maximum atomic E-state index is 11.9. The van der Waals surface area contributed by atoms with Crippen molar-refractivity contribution in [3.63, 3.8) is 0 Å². The summed E-state index contributed by atoms with van der Waals surface area (Å²) in [6.07, 6.45) is 6.53. The highest BCUT2D eigenvalue weighted by Gasteiger charge is 2.47. The van der Waals surface area contributed by atoms with Crippen molar-refractivity contribution < 1.29 is 0 Å². The molecule has 4 rings (SSSR count). The van der Waals surface area contributed by atoms with Crippen LogP contribution in [-0.4, -0.2) is 41.3 Å². The van der Waals surface area contributed by atoms with E-state index in [-0.39, 0.29) is 17.1 Å². The zero-order valence-corrected chi connectivity index (χ0v) is 15.6. The molecule has 0 bridgehead atoms. The molecule has 0 radical (unpaired) electrons. The Morgan fingerprint density at radius 1 is 1.32 bits per heavy atom. The summed E-state index contributed by atoms with van der Waals surface area (Å²) in [4.78, 5) is 22.1. The SMILES string of the molecule is O=c1cc[nH]c(N2C(Cc3ncccc3Br)NCC23CCNCC3)c1. The number of aromatic amines is 1. The van der Waals surface area contributed by atoms with Crippen LogP contribution in [-0.2, 0) is 6.42 Å². The molecule has 1 unspecified atom stereocenters. The molecule has 6 nitrogen and oxygen atoms in total. The molecule has 0 aromatic carbocycles. The van der Waals surface area contributed by atoms with Gasteiger partial charge in [0.05, 0.1) is 17.4 Å². The standard InChI is InChI=1S/C18H22BrN5O/c19-14-2-1-6-21-15(14)11-17-23-12-18(4-8-20-9-5-18)24(17)16-10-13(25)3-7-22-16/h1-3,6-7,10,17,20,23H,4-5,8-9,11-12H2,(H,22,25). The van der Waals surface area contributed by atoms with E-state index in [0.717, 1.165) is 54.9 Å². The molecule has 25 heavy (non-hydrogen) atoms. The minimum absolute atomic E-state index is 0.0292. The van der Waals surface area contributed by atoms with Crippen molar-refractivity contribution in [1.82, 2.24) is 20.6 Å². The van der Waals surface area contributed by atoms with Crippen LogP contribution >= 0.6 is 15.9 Å². The van der Waals surface area contributed by atoms with Gasteiger partial charge in [-0.25, -0.2) is 0 Å². The molecule has 1 atom stereocenters. The summed E-state index contributed by atoms with van der Waals surface area (Å²) in [7, 11) is 0. The van der Waals surface area contributed by atoms with E-state index in [1.54, 1.807) is 18.3 Å². The van der Waals surface area contributed by atoms with Crippen LogP contribution < -0.4 is 21.0 Å². The zero-order valence-electron chi connectivity index (χ0n) is 14.0. The summed E-state index contributed by atoms with van der Waals surface area (Å²) < 4.78 is 1.02. The molecule has 7 heteroatoms. The predicted molar refractivity (Wildman–Crippen MR) is 102 cm³/mol. The van der Waals surface area contributed by atoms with Crippen molar-refractivity contribution in [3.8, 4) is 0 Å². The van der Waals surface area contributed by atoms with Crippen LogP contribution in [0.4, 0.5) is 5.82 Å². The van der Waals surface area contributed by atoms with E-state index in [4.69, 9.17) is 0 Å². The lowest BCUT2D eigenvalue weighted by atomic mass is 9.87. The monoisotopic (exact) mass is 403 g/mol. The maximum Gasteiger partial charge on any atom is 0.183 e. The van der Waals surface area contributed by atoms with E-state index in [1.165, 1.54) is 0 Å². The second-order valence-corrected chi connectivity index (χ2v) is 7.64. The van der Waals surface area contributed by atoms with Crippen molar-refractivity contribution >= 4 is 21.7 Å². The van der Waals surface area contributed by atoms with Crippen molar-refractivity contribution in [2.45, 2.75) is 31.0 Å². The third-order valence-electron chi connectivity index (χ3n) is 5.26. The molecular formula is C18H22BrN5O. The Balaban J connectivity index is 1.70. The summed E-state index contributed by atoms with van der Waals surface area (Å²) in [5.41, 5.74) is 1.08. The average molecular weight is 404 g/mol. The van der Waals surface area contributed by atoms with E-state index in [0.29, 0.717) is 0 Å². The lowest BCUT2D eigenvalue weighted by Crippen LogP contribution is -2.55. The number of halogens is 1. The van der Waals surface area contributed by atoms with Crippen LogP contribution in [0.3, 0.4) is 0 Å². The molecule has 2 aromatic heterocycles. The molecule has 2 aromatic rings. The fourth-order valence-corrected chi connectivity index (χ4v) is 4.45. The molecule has 2 aliphatic heterocycles. The molecule has 0 saturated carbocycles. The lowest BCUT2D eigenvalue weighted by molar-refractivity contribution is 0.320. The van der Waals surface area contributed by atoms with Crippen LogP contribution in [0.2, 0.25) is 0 Å². The van der Waals surface area contributed by atoms with Crippen LogP contribution in [0.15, 0.2) is 45.9 Å². The van der Waals surface area contributed by atoms with Crippen molar-refractivity contribution in [2.24, 2.45) is 0 Å². The van der Waals surface area contributed by atoms with Crippen LogP contribution in [0.1, 0.15) is 18.5 Å².